The van der Waals surface area contributed by atoms with Crippen molar-refractivity contribution in [1.82, 2.24) is 9.97 Å². The minimum absolute atomic E-state index is 0.856. The lowest BCUT2D eigenvalue weighted by Crippen LogP contribution is -2.01. The van der Waals surface area contributed by atoms with Gasteiger partial charge in [-0.1, -0.05) is 67.4 Å². The van der Waals surface area contributed by atoms with Gasteiger partial charge in [-0.3, -0.25) is 0 Å². The Morgan fingerprint density at radius 1 is 0.731 bits per heavy atom. The summed E-state index contributed by atoms with van der Waals surface area (Å²) >= 11 is 0. The van der Waals surface area contributed by atoms with Crippen molar-refractivity contribution in [1.29, 1.82) is 0 Å². The van der Waals surface area contributed by atoms with Gasteiger partial charge in [0.15, 0.2) is 0 Å². The highest BCUT2D eigenvalue weighted by atomic mass is 14.9. The Labute approximate surface area is 154 Å². The number of aryl methyl sites for hydroxylation is 4. The number of rotatable bonds is 3. The number of fused-ring (bicyclic) bond motifs is 3. The highest BCUT2D eigenvalue weighted by Gasteiger charge is 2.14. The fourth-order valence-corrected chi connectivity index (χ4v) is 3.68. The van der Waals surface area contributed by atoms with Crippen LogP contribution >= 0.6 is 0 Å². The molecule has 0 saturated carbocycles. The van der Waals surface area contributed by atoms with Gasteiger partial charge in [0.25, 0.3) is 0 Å². The van der Waals surface area contributed by atoms with Crippen LogP contribution < -0.4 is 0 Å². The lowest BCUT2D eigenvalue weighted by Gasteiger charge is -2.14. The average Bonchev–Trinajstić information content (AvgIpc) is 2.66. The zero-order chi connectivity index (χ0) is 18.3. The van der Waals surface area contributed by atoms with Gasteiger partial charge >= 0.3 is 0 Å². The van der Waals surface area contributed by atoms with Crippen LogP contribution in [0.25, 0.3) is 32.8 Å². The predicted octanol–water partition coefficient (Wildman–Crippen LogP) is 6.19. The quantitative estimate of drug-likeness (QED) is 0.415. The Balaban J connectivity index is 2.16. The molecule has 0 atom stereocenters. The van der Waals surface area contributed by atoms with E-state index < -0.39 is 0 Å². The van der Waals surface area contributed by atoms with Crippen molar-refractivity contribution in [2.45, 2.75) is 40.5 Å². The van der Waals surface area contributed by atoms with E-state index in [-0.39, 0.29) is 0 Å². The molecule has 0 aliphatic carbocycles. The zero-order valence-corrected chi connectivity index (χ0v) is 15.9. The maximum absolute atomic E-state index is 4.87. The molecule has 0 amide bonds. The minimum atomic E-state index is 0.856. The van der Waals surface area contributed by atoms with Crippen molar-refractivity contribution in [2.75, 3.05) is 0 Å². The summed E-state index contributed by atoms with van der Waals surface area (Å²) in [5.41, 5.74) is 7.24. The van der Waals surface area contributed by atoms with Gasteiger partial charge < -0.3 is 0 Å². The number of nitrogens with zero attached hydrogens (tertiary/aromatic N) is 2. The third kappa shape index (κ3) is 2.76. The first-order valence-electron chi connectivity index (χ1n) is 9.40. The van der Waals surface area contributed by atoms with Crippen LogP contribution in [0.15, 0.2) is 48.5 Å². The Bertz CT molecular complexity index is 1110. The van der Waals surface area contributed by atoms with E-state index in [9.17, 15) is 0 Å². The van der Waals surface area contributed by atoms with Crippen LogP contribution in [0.2, 0.25) is 0 Å². The second-order valence-electron chi connectivity index (χ2n) is 7.03. The summed E-state index contributed by atoms with van der Waals surface area (Å²) in [4.78, 5) is 9.68. The lowest BCUT2D eigenvalue weighted by molar-refractivity contribution is 0.913. The van der Waals surface area contributed by atoms with E-state index in [0.29, 0.717) is 0 Å². The third-order valence-electron chi connectivity index (χ3n) is 5.09. The van der Waals surface area contributed by atoms with Gasteiger partial charge in [0, 0.05) is 11.8 Å². The molecule has 0 radical (unpaired) electrons. The predicted molar refractivity (Wildman–Crippen MR) is 111 cm³/mol. The number of hydrogen-bond acceptors (Lipinski definition) is 2. The Hall–Kier alpha value is -2.74. The molecular formula is C24H24N2. The number of hydrogen-bond donors (Lipinski definition) is 0. The molecular weight excluding hydrogens is 316 g/mol. The normalized spacial score (nSPS) is 11.4. The van der Waals surface area contributed by atoms with Crippen LogP contribution in [-0.2, 0) is 12.8 Å². The fourth-order valence-electron chi connectivity index (χ4n) is 3.68. The second kappa shape index (κ2) is 6.53. The van der Waals surface area contributed by atoms with Crippen LogP contribution in [0.3, 0.4) is 0 Å². The van der Waals surface area contributed by atoms with E-state index in [2.05, 4.69) is 76.2 Å². The standard InChI is InChI=1S/C24H24N2/c1-5-21-24-18-12-9-16(4)13-20(18)19(17-10-7-15(3)8-11-17)14-22(24)26-23(6-2)25-21/h7-14H,5-6H2,1-4H3. The first-order valence-corrected chi connectivity index (χ1v) is 9.40. The maximum atomic E-state index is 4.87. The van der Waals surface area contributed by atoms with E-state index >= 15 is 0 Å². The molecule has 0 aliphatic heterocycles. The first kappa shape index (κ1) is 16.7. The Morgan fingerprint density at radius 3 is 2.15 bits per heavy atom. The third-order valence-corrected chi connectivity index (χ3v) is 5.09. The van der Waals surface area contributed by atoms with Crippen LogP contribution in [0.4, 0.5) is 0 Å². The summed E-state index contributed by atoms with van der Waals surface area (Å²) in [6.45, 7) is 8.57. The van der Waals surface area contributed by atoms with Gasteiger partial charge in [-0.05, 0) is 48.2 Å². The summed E-state index contributed by atoms with van der Waals surface area (Å²) in [5, 5.41) is 3.74. The van der Waals surface area contributed by atoms with Gasteiger partial charge in [0.05, 0.1) is 11.2 Å². The molecule has 2 heteroatoms. The summed E-state index contributed by atoms with van der Waals surface area (Å²) in [7, 11) is 0. The molecule has 0 bridgehead atoms. The molecule has 2 nitrogen and oxygen atoms in total. The van der Waals surface area contributed by atoms with Crippen molar-refractivity contribution in [3.63, 3.8) is 0 Å². The number of benzene rings is 3. The van der Waals surface area contributed by atoms with E-state index in [1.807, 2.05) is 0 Å². The molecule has 3 aromatic carbocycles. The second-order valence-corrected chi connectivity index (χ2v) is 7.03. The highest BCUT2D eigenvalue weighted by molar-refractivity contribution is 6.13. The summed E-state index contributed by atoms with van der Waals surface area (Å²) in [6, 6.07) is 17.7. The zero-order valence-electron chi connectivity index (χ0n) is 15.9. The van der Waals surface area contributed by atoms with Crippen LogP contribution in [-0.4, -0.2) is 9.97 Å². The SMILES string of the molecule is CCc1nc(CC)c2c(cc(-c3ccc(C)cc3)c3cc(C)ccc32)n1. The van der Waals surface area contributed by atoms with Gasteiger partial charge in [-0.25, -0.2) is 9.97 Å². The fraction of sp³-hybridized carbons (Fsp3) is 0.250. The minimum Gasteiger partial charge on any atom is -0.237 e. The molecule has 0 N–H and O–H groups in total. The smallest absolute Gasteiger partial charge is 0.129 e. The highest BCUT2D eigenvalue weighted by Crippen LogP contribution is 2.36. The Kier molecular flexibility index (Phi) is 4.20. The molecule has 0 aliphatic rings. The first-order chi connectivity index (χ1) is 12.6. The largest absolute Gasteiger partial charge is 0.237 e. The topological polar surface area (TPSA) is 25.8 Å². The van der Waals surface area contributed by atoms with Crippen molar-refractivity contribution in [3.8, 4) is 11.1 Å². The summed E-state index contributed by atoms with van der Waals surface area (Å²) in [5.74, 6) is 0.927. The monoisotopic (exact) mass is 340 g/mol. The van der Waals surface area contributed by atoms with E-state index in [4.69, 9.17) is 9.97 Å². The van der Waals surface area contributed by atoms with Crippen molar-refractivity contribution >= 4 is 21.7 Å². The van der Waals surface area contributed by atoms with Gasteiger partial charge in [0.2, 0.25) is 0 Å². The molecule has 130 valence electrons. The van der Waals surface area contributed by atoms with Crippen LogP contribution in [0.5, 0.6) is 0 Å². The molecule has 26 heavy (non-hydrogen) atoms. The van der Waals surface area contributed by atoms with Crippen LogP contribution in [0, 0.1) is 13.8 Å². The van der Waals surface area contributed by atoms with Crippen molar-refractivity contribution in [2.24, 2.45) is 0 Å². The lowest BCUT2D eigenvalue weighted by atomic mass is 9.92. The van der Waals surface area contributed by atoms with E-state index in [1.165, 1.54) is 38.4 Å². The van der Waals surface area contributed by atoms with Crippen molar-refractivity contribution < 1.29 is 0 Å². The molecule has 0 unspecified atom stereocenters. The molecule has 0 spiro atoms. The van der Waals surface area contributed by atoms with Gasteiger partial charge in [-0.15, -0.1) is 0 Å². The van der Waals surface area contributed by atoms with Crippen molar-refractivity contribution in [3.05, 3.63) is 71.2 Å². The Morgan fingerprint density at radius 2 is 1.46 bits per heavy atom. The molecule has 1 aromatic heterocycles. The van der Waals surface area contributed by atoms with Gasteiger partial charge in [0.1, 0.15) is 5.82 Å². The summed E-state index contributed by atoms with van der Waals surface area (Å²) in [6.07, 6.45) is 1.77. The van der Waals surface area contributed by atoms with E-state index in [1.54, 1.807) is 0 Å². The molecule has 4 rings (SSSR count). The molecule has 0 fully saturated rings. The molecule has 1 heterocycles. The molecule has 0 saturated heterocycles. The van der Waals surface area contributed by atoms with E-state index in [0.717, 1.165) is 29.9 Å². The average molecular weight is 340 g/mol. The van der Waals surface area contributed by atoms with Gasteiger partial charge in [-0.2, -0.15) is 0 Å². The summed E-state index contributed by atoms with van der Waals surface area (Å²) < 4.78 is 0. The molecule has 4 aromatic rings. The van der Waals surface area contributed by atoms with Crippen LogP contribution in [0.1, 0.15) is 36.5 Å². The number of aromatic nitrogens is 2. The maximum Gasteiger partial charge on any atom is 0.129 e.